The molecular formula is C22H32F3NO4S. The fourth-order valence-corrected chi connectivity index (χ4v) is 5.96. The van der Waals surface area contributed by atoms with Gasteiger partial charge in [-0.1, -0.05) is 64.7 Å². The number of halogens is 3. The van der Waals surface area contributed by atoms with Crippen LogP contribution in [0.4, 0.5) is 13.2 Å². The summed E-state index contributed by atoms with van der Waals surface area (Å²) in [4.78, 5) is 11.1. The first-order valence-electron chi connectivity index (χ1n) is 11.0. The van der Waals surface area contributed by atoms with Crippen LogP contribution in [0, 0.1) is 0 Å². The number of rotatable bonds is 13. The first kappa shape index (κ1) is 25.6. The van der Waals surface area contributed by atoms with Crippen molar-refractivity contribution in [1.29, 1.82) is 0 Å². The lowest BCUT2D eigenvalue weighted by Crippen LogP contribution is -2.30. The monoisotopic (exact) mass is 463 g/mol. The van der Waals surface area contributed by atoms with Crippen LogP contribution in [0.1, 0.15) is 94.7 Å². The van der Waals surface area contributed by atoms with E-state index in [9.17, 15) is 31.5 Å². The molecule has 0 bridgehead atoms. The lowest BCUT2D eigenvalue weighted by atomic mass is 10.0. The zero-order valence-corrected chi connectivity index (χ0v) is 18.8. The van der Waals surface area contributed by atoms with Gasteiger partial charge in [0.15, 0.2) is 0 Å². The molecule has 0 saturated carbocycles. The Labute approximate surface area is 182 Å². The molecule has 9 heteroatoms. The van der Waals surface area contributed by atoms with E-state index in [0.29, 0.717) is 6.42 Å². The normalized spacial score (nSPS) is 18.3. The lowest BCUT2D eigenvalue weighted by Gasteiger charge is -2.22. The van der Waals surface area contributed by atoms with Crippen molar-refractivity contribution in [1.82, 2.24) is 4.31 Å². The van der Waals surface area contributed by atoms with Crippen LogP contribution < -0.4 is 0 Å². The number of carboxylic acids is 1. The van der Waals surface area contributed by atoms with Gasteiger partial charge in [-0.2, -0.15) is 17.5 Å². The van der Waals surface area contributed by atoms with Crippen LogP contribution in [0.3, 0.4) is 0 Å². The Hall–Kier alpha value is -1.61. The van der Waals surface area contributed by atoms with Crippen molar-refractivity contribution in [2.75, 3.05) is 6.54 Å². The van der Waals surface area contributed by atoms with Gasteiger partial charge in [0.05, 0.1) is 22.9 Å². The van der Waals surface area contributed by atoms with Gasteiger partial charge in [0.2, 0.25) is 10.0 Å². The number of fused-ring (bicyclic) bond motifs is 1. The number of nitrogens with zero attached hydrogens (tertiary/aromatic N) is 1. The standard InChI is InChI=1S/C22H32F3NO4S/c1-2-3-4-5-6-7-8-9-10-11-14-26-19(16-21(27)28)18-15-17(22(23,24)25)12-13-20(18)31(26,29)30/h12-13,15,19H,2-11,14,16H2,1H3,(H,27,28)/t19-/m0/s1. The number of carbonyl (C=O) groups is 1. The maximum absolute atomic E-state index is 13.1. The fraction of sp³-hybridized carbons (Fsp3) is 0.682. The molecule has 31 heavy (non-hydrogen) atoms. The van der Waals surface area contributed by atoms with E-state index in [1.807, 2.05) is 0 Å². The quantitative estimate of drug-likeness (QED) is 0.356. The third-order valence-corrected chi connectivity index (χ3v) is 7.71. The maximum Gasteiger partial charge on any atom is 0.416 e. The molecular weight excluding hydrogens is 431 g/mol. The topological polar surface area (TPSA) is 74.7 Å². The van der Waals surface area contributed by atoms with Gasteiger partial charge in [-0.25, -0.2) is 8.42 Å². The number of aliphatic carboxylic acids is 1. The molecule has 176 valence electrons. The summed E-state index contributed by atoms with van der Waals surface area (Å²) in [6.45, 7) is 2.28. The molecule has 1 atom stereocenters. The Morgan fingerprint density at radius 2 is 1.55 bits per heavy atom. The molecule has 0 spiro atoms. The summed E-state index contributed by atoms with van der Waals surface area (Å²) in [6.07, 6.45) is 5.45. The molecule has 1 aliphatic rings. The first-order valence-corrected chi connectivity index (χ1v) is 12.5. The SMILES string of the molecule is CCCCCCCCCCCCN1[C@@H](CC(=O)O)c2cc(C(F)(F)F)ccc2S1(=O)=O. The molecule has 1 aromatic carbocycles. The highest BCUT2D eigenvalue weighted by Gasteiger charge is 2.44. The highest BCUT2D eigenvalue weighted by atomic mass is 32.2. The van der Waals surface area contributed by atoms with E-state index < -0.39 is 40.2 Å². The molecule has 1 aliphatic heterocycles. The van der Waals surface area contributed by atoms with E-state index in [2.05, 4.69) is 6.92 Å². The number of alkyl halides is 3. The van der Waals surface area contributed by atoms with Crippen molar-refractivity contribution in [3.63, 3.8) is 0 Å². The summed E-state index contributed by atoms with van der Waals surface area (Å²) < 4.78 is 66.1. The van der Waals surface area contributed by atoms with Gasteiger partial charge in [0.1, 0.15) is 0 Å². The van der Waals surface area contributed by atoms with Crippen molar-refractivity contribution in [2.45, 2.75) is 94.7 Å². The van der Waals surface area contributed by atoms with Gasteiger partial charge in [-0.05, 0) is 30.2 Å². The molecule has 1 N–H and O–H groups in total. The molecule has 0 amide bonds. The van der Waals surface area contributed by atoms with Crippen LogP contribution in [-0.4, -0.2) is 30.3 Å². The minimum Gasteiger partial charge on any atom is -0.481 e. The van der Waals surface area contributed by atoms with Gasteiger partial charge in [0, 0.05) is 6.54 Å². The fourth-order valence-electron chi connectivity index (χ4n) is 4.08. The van der Waals surface area contributed by atoms with E-state index in [0.717, 1.165) is 48.2 Å². The van der Waals surface area contributed by atoms with Gasteiger partial charge < -0.3 is 5.11 Å². The zero-order valence-electron chi connectivity index (χ0n) is 18.0. The van der Waals surface area contributed by atoms with Crippen molar-refractivity contribution in [3.05, 3.63) is 29.3 Å². The Kier molecular flexibility index (Phi) is 9.36. The third kappa shape index (κ3) is 6.94. The van der Waals surface area contributed by atoms with Crippen LogP contribution in [0.2, 0.25) is 0 Å². The minimum absolute atomic E-state index is 0.0793. The molecule has 0 unspecified atom stereocenters. The molecule has 0 fully saturated rings. The number of hydrogen-bond donors (Lipinski definition) is 1. The summed E-state index contributed by atoms with van der Waals surface area (Å²) in [5, 5.41) is 9.22. The van der Waals surface area contributed by atoms with Crippen LogP contribution in [-0.2, 0) is 21.0 Å². The van der Waals surface area contributed by atoms with E-state index in [1.54, 1.807) is 0 Å². The van der Waals surface area contributed by atoms with E-state index in [-0.39, 0.29) is 17.0 Å². The summed E-state index contributed by atoms with van der Waals surface area (Å²) >= 11 is 0. The molecule has 1 aromatic rings. The first-order chi connectivity index (χ1) is 14.6. The summed E-state index contributed by atoms with van der Waals surface area (Å²) in [6, 6.07) is 1.34. The minimum atomic E-state index is -4.63. The Bertz CT molecular complexity index is 840. The lowest BCUT2D eigenvalue weighted by molar-refractivity contribution is -0.138. The number of unbranched alkanes of at least 4 members (excludes halogenated alkanes) is 9. The third-order valence-electron chi connectivity index (χ3n) is 5.73. The van der Waals surface area contributed by atoms with Crippen LogP contribution in [0.5, 0.6) is 0 Å². The average molecular weight is 464 g/mol. The number of hydrogen-bond acceptors (Lipinski definition) is 3. The van der Waals surface area contributed by atoms with Crippen molar-refractivity contribution >= 4 is 16.0 Å². The van der Waals surface area contributed by atoms with Crippen molar-refractivity contribution in [2.24, 2.45) is 0 Å². The summed E-state index contributed by atoms with van der Waals surface area (Å²) in [5.74, 6) is -1.25. The number of sulfonamides is 1. The molecule has 0 saturated heterocycles. The van der Waals surface area contributed by atoms with Gasteiger partial charge in [0.25, 0.3) is 0 Å². The molecule has 2 rings (SSSR count). The molecule has 0 radical (unpaired) electrons. The molecule has 0 aliphatic carbocycles. The predicted octanol–water partition coefficient (Wildman–Crippen LogP) is 6.15. The molecule has 5 nitrogen and oxygen atoms in total. The van der Waals surface area contributed by atoms with Gasteiger partial charge in [-0.15, -0.1) is 0 Å². The highest BCUT2D eigenvalue weighted by Crippen LogP contribution is 2.44. The Morgan fingerprint density at radius 1 is 1.00 bits per heavy atom. The number of carboxylic acid groups (broad SMARTS) is 1. The maximum atomic E-state index is 13.1. The average Bonchev–Trinajstić information content (AvgIpc) is 2.89. The largest absolute Gasteiger partial charge is 0.481 e. The van der Waals surface area contributed by atoms with Crippen molar-refractivity contribution < 1.29 is 31.5 Å². The molecule has 1 heterocycles. The van der Waals surface area contributed by atoms with E-state index in [4.69, 9.17) is 0 Å². The second kappa shape index (κ2) is 11.3. The number of benzene rings is 1. The second-order valence-electron chi connectivity index (χ2n) is 8.16. The van der Waals surface area contributed by atoms with Crippen LogP contribution in [0.15, 0.2) is 23.1 Å². The summed E-state index contributed by atoms with van der Waals surface area (Å²) in [5.41, 5.74) is -1.05. The summed E-state index contributed by atoms with van der Waals surface area (Å²) in [7, 11) is -4.01. The van der Waals surface area contributed by atoms with E-state index >= 15 is 0 Å². The zero-order chi connectivity index (χ0) is 23.1. The Morgan fingerprint density at radius 3 is 2.06 bits per heavy atom. The van der Waals surface area contributed by atoms with Crippen LogP contribution >= 0.6 is 0 Å². The molecule has 0 aromatic heterocycles. The van der Waals surface area contributed by atoms with Gasteiger partial charge >= 0.3 is 12.1 Å². The van der Waals surface area contributed by atoms with Gasteiger partial charge in [-0.3, -0.25) is 4.79 Å². The second-order valence-corrected chi connectivity index (χ2v) is 10.0. The van der Waals surface area contributed by atoms with E-state index in [1.165, 1.54) is 32.1 Å². The highest BCUT2D eigenvalue weighted by molar-refractivity contribution is 7.89. The smallest absolute Gasteiger partial charge is 0.416 e. The predicted molar refractivity (Wildman–Crippen MR) is 112 cm³/mol. The Balaban J connectivity index is 1.98. The van der Waals surface area contributed by atoms with Crippen molar-refractivity contribution in [3.8, 4) is 0 Å². The van der Waals surface area contributed by atoms with Crippen LogP contribution in [0.25, 0.3) is 0 Å².